The molecule has 3 rings (SSSR count). The quantitative estimate of drug-likeness (QED) is 0.556. The third-order valence-corrected chi connectivity index (χ3v) is 6.43. The average molecular weight is 380 g/mol. The molecule has 0 heterocycles. The Bertz CT molecular complexity index is 706. The maximum absolute atomic E-state index is 10.7. The van der Waals surface area contributed by atoms with E-state index in [9.17, 15) is 8.42 Å². The molecular weight excluding hydrogens is 350 g/mol. The van der Waals surface area contributed by atoms with Gasteiger partial charge in [0, 0.05) is 12.5 Å². The number of benzene rings is 1. The monoisotopic (exact) mass is 379 g/mol. The number of hydrogen-bond donors (Lipinski definition) is 2. The van der Waals surface area contributed by atoms with Crippen molar-refractivity contribution in [3.05, 3.63) is 42.0 Å². The van der Waals surface area contributed by atoms with Gasteiger partial charge in [0.15, 0.2) is 0 Å². The highest BCUT2D eigenvalue weighted by atomic mass is 32.2. The minimum Gasteiger partial charge on any atom is -0.493 e. The summed E-state index contributed by atoms with van der Waals surface area (Å²) in [6.07, 6.45) is 14.4. The molecule has 0 aromatic heterocycles. The number of allylic oxidation sites excluding steroid dienone is 1. The Hall–Kier alpha value is -1.37. The second-order valence-electron chi connectivity index (χ2n) is 7.57. The summed E-state index contributed by atoms with van der Waals surface area (Å²) in [6.45, 7) is 0.897. The van der Waals surface area contributed by atoms with E-state index < -0.39 is 10.3 Å². The van der Waals surface area contributed by atoms with Crippen molar-refractivity contribution in [1.82, 2.24) is 4.72 Å². The minimum absolute atomic E-state index is 0.175. The van der Waals surface area contributed by atoms with E-state index >= 15 is 0 Å². The van der Waals surface area contributed by atoms with Crippen LogP contribution in [-0.2, 0) is 16.7 Å². The van der Waals surface area contributed by atoms with Gasteiger partial charge >= 0.3 is 10.3 Å². The Labute approximate surface area is 156 Å². The molecule has 1 aromatic rings. The van der Waals surface area contributed by atoms with Crippen LogP contribution in [0.1, 0.15) is 50.5 Å². The highest BCUT2D eigenvalue weighted by Crippen LogP contribution is 2.49. The summed E-state index contributed by atoms with van der Waals surface area (Å²) in [5.74, 6) is 1.34. The van der Waals surface area contributed by atoms with E-state index in [0.717, 1.165) is 17.9 Å². The van der Waals surface area contributed by atoms with Gasteiger partial charge in [-0.05, 0) is 55.2 Å². The predicted molar refractivity (Wildman–Crippen MR) is 103 cm³/mol. The van der Waals surface area contributed by atoms with Crippen LogP contribution in [-0.4, -0.2) is 26.1 Å². The molecule has 2 aliphatic rings. The highest BCUT2D eigenvalue weighted by molar-refractivity contribution is 7.83. The Morgan fingerprint density at radius 2 is 1.85 bits per heavy atom. The van der Waals surface area contributed by atoms with Crippen LogP contribution in [0.5, 0.6) is 5.75 Å². The van der Waals surface area contributed by atoms with E-state index in [0.29, 0.717) is 17.8 Å². The van der Waals surface area contributed by atoms with E-state index in [1.54, 1.807) is 0 Å². The fourth-order valence-electron chi connectivity index (χ4n) is 4.39. The van der Waals surface area contributed by atoms with E-state index in [-0.39, 0.29) is 6.54 Å². The molecule has 2 N–H and O–H groups in total. The van der Waals surface area contributed by atoms with Crippen LogP contribution in [0.25, 0.3) is 0 Å². The molecule has 6 heteroatoms. The van der Waals surface area contributed by atoms with Crippen LogP contribution in [0.4, 0.5) is 0 Å². The molecule has 1 aromatic carbocycles. The van der Waals surface area contributed by atoms with Crippen molar-refractivity contribution in [2.75, 3.05) is 13.2 Å². The van der Waals surface area contributed by atoms with Crippen LogP contribution < -0.4 is 9.46 Å². The average Bonchev–Trinajstić information content (AvgIpc) is 2.62. The third-order valence-electron chi connectivity index (χ3n) is 5.86. The summed E-state index contributed by atoms with van der Waals surface area (Å²) in [5.41, 5.74) is 1.43. The molecule has 0 bridgehead atoms. The molecule has 1 spiro atoms. The maximum Gasteiger partial charge on any atom is 0.333 e. The number of ether oxygens (including phenoxy) is 1. The van der Waals surface area contributed by atoms with Gasteiger partial charge in [-0.1, -0.05) is 43.5 Å². The van der Waals surface area contributed by atoms with Gasteiger partial charge < -0.3 is 4.74 Å². The zero-order chi connectivity index (χ0) is 18.5. The summed E-state index contributed by atoms with van der Waals surface area (Å²) in [6, 6.07) is 7.74. The van der Waals surface area contributed by atoms with Crippen LogP contribution in [0, 0.1) is 11.3 Å². The Morgan fingerprint density at radius 1 is 1.12 bits per heavy atom. The van der Waals surface area contributed by atoms with Gasteiger partial charge in [0.1, 0.15) is 5.75 Å². The normalized spacial score (nSPS) is 22.4. The second-order valence-corrected chi connectivity index (χ2v) is 8.81. The van der Waals surface area contributed by atoms with Crippen LogP contribution >= 0.6 is 0 Å². The van der Waals surface area contributed by atoms with Crippen molar-refractivity contribution in [1.29, 1.82) is 0 Å². The first-order valence-corrected chi connectivity index (χ1v) is 11.0. The summed E-state index contributed by atoms with van der Waals surface area (Å²) < 4.78 is 38.1. The number of hydrogen-bond acceptors (Lipinski definition) is 3. The fourth-order valence-corrected chi connectivity index (χ4v) is 4.75. The number of nitrogens with one attached hydrogen (secondary N) is 1. The van der Waals surface area contributed by atoms with Gasteiger partial charge in [-0.15, -0.1) is 0 Å². The Balaban J connectivity index is 1.52. The van der Waals surface area contributed by atoms with E-state index in [1.807, 2.05) is 24.3 Å². The van der Waals surface area contributed by atoms with Crippen molar-refractivity contribution in [3.63, 3.8) is 0 Å². The van der Waals surface area contributed by atoms with Crippen LogP contribution in [0.15, 0.2) is 36.4 Å². The molecule has 144 valence electrons. The number of rotatable bonds is 7. The molecule has 0 aliphatic heterocycles. The first-order valence-electron chi connectivity index (χ1n) is 9.57. The van der Waals surface area contributed by atoms with Gasteiger partial charge in [0.05, 0.1) is 6.61 Å². The molecule has 2 aliphatic carbocycles. The van der Waals surface area contributed by atoms with Crippen molar-refractivity contribution >= 4 is 10.3 Å². The molecule has 1 saturated carbocycles. The van der Waals surface area contributed by atoms with Crippen molar-refractivity contribution in [2.24, 2.45) is 11.3 Å². The van der Waals surface area contributed by atoms with Crippen molar-refractivity contribution in [2.45, 2.75) is 51.4 Å². The molecule has 26 heavy (non-hydrogen) atoms. The molecule has 5 nitrogen and oxygen atoms in total. The molecule has 1 unspecified atom stereocenters. The lowest BCUT2D eigenvalue weighted by Crippen LogP contribution is -2.37. The lowest BCUT2D eigenvalue weighted by atomic mass is 9.62. The molecule has 1 atom stereocenters. The van der Waals surface area contributed by atoms with Gasteiger partial charge in [0.25, 0.3) is 0 Å². The summed E-state index contributed by atoms with van der Waals surface area (Å²) in [4.78, 5) is 0. The van der Waals surface area contributed by atoms with Crippen LogP contribution in [0.2, 0.25) is 0 Å². The first kappa shape index (κ1) is 19.4. The van der Waals surface area contributed by atoms with Gasteiger partial charge in [-0.3, -0.25) is 4.55 Å². The predicted octanol–water partition coefficient (Wildman–Crippen LogP) is 3.92. The third kappa shape index (κ3) is 5.32. The zero-order valence-corrected chi connectivity index (χ0v) is 16.0. The second kappa shape index (κ2) is 8.55. The lowest BCUT2D eigenvalue weighted by molar-refractivity contribution is 0.0708. The first-order chi connectivity index (χ1) is 12.5. The molecule has 1 fully saturated rings. The van der Waals surface area contributed by atoms with Crippen molar-refractivity contribution < 1.29 is 17.7 Å². The zero-order valence-electron chi connectivity index (χ0n) is 15.2. The molecular formula is C20H29NO4S. The van der Waals surface area contributed by atoms with Crippen molar-refractivity contribution in [3.8, 4) is 5.75 Å². The van der Waals surface area contributed by atoms with E-state index in [4.69, 9.17) is 9.29 Å². The summed E-state index contributed by atoms with van der Waals surface area (Å²) in [7, 11) is -4.12. The van der Waals surface area contributed by atoms with Gasteiger partial charge in [-0.2, -0.15) is 13.1 Å². The fraction of sp³-hybridized carbons (Fsp3) is 0.600. The molecule has 0 radical (unpaired) electrons. The van der Waals surface area contributed by atoms with E-state index in [1.165, 1.54) is 44.9 Å². The van der Waals surface area contributed by atoms with E-state index in [2.05, 4.69) is 16.9 Å². The lowest BCUT2D eigenvalue weighted by Gasteiger charge is -2.44. The molecule has 0 amide bonds. The standard InChI is InChI=1S/C20H29NO4S/c22-26(23,24)21-15-11-17-7-9-19(10-8-17)25-16-18-6-2-5-14-20(18)12-3-1-4-13-20/h2,6-10,18,21H,1,3-5,11-16H2,(H,22,23,24). The smallest absolute Gasteiger partial charge is 0.333 e. The maximum atomic E-state index is 10.7. The minimum atomic E-state index is -4.12. The SMILES string of the molecule is O=S(=O)(O)NCCc1ccc(OCC2C=CCCC23CCCCC3)cc1. The Morgan fingerprint density at radius 3 is 2.54 bits per heavy atom. The van der Waals surface area contributed by atoms with Gasteiger partial charge in [-0.25, -0.2) is 0 Å². The largest absolute Gasteiger partial charge is 0.493 e. The summed E-state index contributed by atoms with van der Waals surface area (Å²) >= 11 is 0. The summed E-state index contributed by atoms with van der Waals surface area (Å²) in [5, 5.41) is 0. The Kier molecular flexibility index (Phi) is 6.37. The van der Waals surface area contributed by atoms with Gasteiger partial charge in [0.2, 0.25) is 0 Å². The highest BCUT2D eigenvalue weighted by Gasteiger charge is 2.39. The molecule has 0 saturated heterocycles. The topological polar surface area (TPSA) is 75.6 Å². The van der Waals surface area contributed by atoms with Crippen LogP contribution in [0.3, 0.4) is 0 Å².